The monoisotopic (exact) mass is 140 g/mol. The van der Waals surface area contributed by atoms with E-state index in [1.165, 1.54) is 0 Å². The number of hydrogen-bond donors (Lipinski definition) is 0. The lowest BCUT2D eigenvalue weighted by atomic mass is 10.4. The summed E-state index contributed by atoms with van der Waals surface area (Å²) in [6, 6.07) is 0. The van der Waals surface area contributed by atoms with Crippen LogP contribution in [0.1, 0.15) is 0 Å². The maximum absolute atomic E-state index is 11.3. The fraction of sp³-hybridized carbons (Fsp3) is 0.250. The first-order chi connectivity index (χ1) is 3.55. The molecule has 0 bridgehead atoms. The van der Waals surface area contributed by atoms with Crippen molar-refractivity contribution in [2.45, 2.75) is 6.43 Å². The summed E-state index contributed by atoms with van der Waals surface area (Å²) in [5, 5.41) is -1.18. The van der Waals surface area contributed by atoms with Gasteiger partial charge in [-0.3, -0.25) is 4.79 Å². The largest absolute Gasteiger partial charge is 0.276 e. The summed E-state index contributed by atoms with van der Waals surface area (Å²) in [5.41, 5.74) is -0.855. The molecule has 46 valence electrons. The topological polar surface area (TPSA) is 17.1 Å². The van der Waals surface area contributed by atoms with Crippen LogP contribution in [0.4, 0.5) is 8.78 Å². The molecular weight excluding hydrogens is 137 g/mol. The summed E-state index contributed by atoms with van der Waals surface area (Å²) in [4.78, 5) is 9.77. The van der Waals surface area contributed by atoms with Gasteiger partial charge in [-0.05, 0) is 11.6 Å². The van der Waals surface area contributed by atoms with Gasteiger partial charge in [-0.1, -0.05) is 6.58 Å². The molecule has 0 aliphatic carbocycles. The number of hydrogen-bond acceptors (Lipinski definition) is 1. The standard InChI is InChI=1S/C4H3ClF2O/c1-2(3(5)8)4(6)7/h4H,1H2. The smallest absolute Gasteiger partial charge is 0.267 e. The lowest BCUT2D eigenvalue weighted by Crippen LogP contribution is -2.01. The van der Waals surface area contributed by atoms with E-state index >= 15 is 0 Å². The molecule has 0 atom stereocenters. The van der Waals surface area contributed by atoms with Crippen LogP contribution < -0.4 is 0 Å². The molecule has 0 saturated heterocycles. The van der Waals surface area contributed by atoms with Crippen LogP contribution in [-0.4, -0.2) is 11.7 Å². The van der Waals surface area contributed by atoms with Crippen molar-refractivity contribution in [3.05, 3.63) is 12.2 Å². The summed E-state index contributed by atoms with van der Waals surface area (Å²) in [7, 11) is 0. The predicted molar refractivity (Wildman–Crippen MR) is 26.0 cm³/mol. The van der Waals surface area contributed by atoms with Crippen LogP contribution in [0.15, 0.2) is 12.2 Å². The Morgan fingerprint density at radius 3 is 2.00 bits per heavy atom. The third kappa shape index (κ3) is 2.02. The van der Waals surface area contributed by atoms with Crippen molar-refractivity contribution in [3.8, 4) is 0 Å². The van der Waals surface area contributed by atoms with E-state index in [0.717, 1.165) is 0 Å². The van der Waals surface area contributed by atoms with Crippen molar-refractivity contribution < 1.29 is 13.6 Å². The Bertz CT molecular complexity index is 121. The number of allylic oxidation sites excluding steroid dienone is 1. The summed E-state index contributed by atoms with van der Waals surface area (Å²) in [6.45, 7) is 2.72. The van der Waals surface area contributed by atoms with Gasteiger partial charge in [-0.15, -0.1) is 0 Å². The van der Waals surface area contributed by atoms with E-state index in [-0.39, 0.29) is 0 Å². The summed E-state index contributed by atoms with van der Waals surface area (Å²) in [5.74, 6) is 0. The molecule has 0 aliphatic heterocycles. The SMILES string of the molecule is C=C(C(=O)Cl)C(F)F. The van der Waals surface area contributed by atoms with Gasteiger partial charge in [-0.2, -0.15) is 0 Å². The van der Waals surface area contributed by atoms with E-state index in [1.54, 1.807) is 0 Å². The first kappa shape index (κ1) is 7.56. The molecule has 0 aromatic carbocycles. The van der Waals surface area contributed by atoms with Crippen molar-refractivity contribution in [1.29, 1.82) is 0 Å². The highest BCUT2D eigenvalue weighted by molar-refractivity contribution is 6.67. The zero-order chi connectivity index (χ0) is 6.73. The number of alkyl halides is 2. The van der Waals surface area contributed by atoms with Gasteiger partial charge in [0.05, 0.1) is 5.57 Å². The van der Waals surface area contributed by atoms with Gasteiger partial charge >= 0.3 is 0 Å². The summed E-state index contributed by atoms with van der Waals surface area (Å²) >= 11 is 4.60. The van der Waals surface area contributed by atoms with Gasteiger partial charge in [-0.25, -0.2) is 8.78 Å². The van der Waals surface area contributed by atoms with Crippen molar-refractivity contribution in [3.63, 3.8) is 0 Å². The Balaban J connectivity index is 3.84. The van der Waals surface area contributed by atoms with E-state index < -0.39 is 17.2 Å². The number of carbonyl (C=O) groups is 1. The van der Waals surface area contributed by atoms with Crippen LogP contribution in [-0.2, 0) is 4.79 Å². The highest BCUT2D eigenvalue weighted by atomic mass is 35.5. The highest BCUT2D eigenvalue weighted by Gasteiger charge is 2.13. The van der Waals surface area contributed by atoms with Crippen LogP contribution >= 0.6 is 11.6 Å². The second kappa shape index (κ2) is 2.77. The number of rotatable bonds is 2. The maximum Gasteiger partial charge on any atom is 0.267 e. The minimum atomic E-state index is -2.83. The first-order valence-electron chi connectivity index (χ1n) is 1.72. The lowest BCUT2D eigenvalue weighted by Gasteiger charge is -1.92. The molecule has 0 aliphatic rings. The van der Waals surface area contributed by atoms with Gasteiger partial charge in [0.15, 0.2) is 0 Å². The van der Waals surface area contributed by atoms with Crippen molar-refractivity contribution >= 4 is 16.8 Å². The van der Waals surface area contributed by atoms with Gasteiger partial charge in [0.25, 0.3) is 11.7 Å². The molecule has 0 heterocycles. The molecule has 0 aromatic heterocycles. The third-order valence-electron chi connectivity index (χ3n) is 0.516. The Morgan fingerprint density at radius 1 is 1.62 bits per heavy atom. The Labute approximate surface area is 49.9 Å². The predicted octanol–water partition coefficient (Wildman–Crippen LogP) is 1.57. The van der Waals surface area contributed by atoms with E-state index in [0.29, 0.717) is 0 Å². The second-order valence-electron chi connectivity index (χ2n) is 1.10. The van der Waals surface area contributed by atoms with Crippen molar-refractivity contribution in [2.24, 2.45) is 0 Å². The van der Waals surface area contributed by atoms with Crippen LogP contribution in [0.25, 0.3) is 0 Å². The molecule has 1 nitrogen and oxygen atoms in total. The zero-order valence-corrected chi connectivity index (χ0v) is 4.58. The molecular formula is C4H3ClF2O. The molecule has 0 saturated carbocycles. The maximum atomic E-state index is 11.3. The first-order valence-corrected chi connectivity index (χ1v) is 2.10. The Hall–Kier alpha value is -0.440. The minimum absolute atomic E-state index is 0.855. The van der Waals surface area contributed by atoms with Gasteiger partial charge in [0, 0.05) is 0 Å². The molecule has 0 aromatic rings. The highest BCUT2D eigenvalue weighted by Crippen LogP contribution is 2.07. The number of halogens is 3. The van der Waals surface area contributed by atoms with Crippen LogP contribution in [0.5, 0.6) is 0 Å². The van der Waals surface area contributed by atoms with Crippen LogP contribution in [0.3, 0.4) is 0 Å². The van der Waals surface area contributed by atoms with E-state index in [4.69, 9.17) is 0 Å². The molecule has 0 N–H and O–H groups in total. The molecule has 0 spiro atoms. The van der Waals surface area contributed by atoms with Gasteiger partial charge in [0.1, 0.15) is 0 Å². The lowest BCUT2D eigenvalue weighted by molar-refractivity contribution is -0.109. The normalized spacial score (nSPS) is 9.50. The van der Waals surface area contributed by atoms with Gasteiger partial charge in [0.2, 0.25) is 0 Å². The average Bonchev–Trinajstić information content (AvgIpc) is 1.64. The summed E-state index contributed by atoms with van der Waals surface area (Å²) in [6.07, 6.45) is -2.83. The van der Waals surface area contributed by atoms with E-state index in [2.05, 4.69) is 18.2 Å². The molecule has 8 heavy (non-hydrogen) atoms. The zero-order valence-electron chi connectivity index (χ0n) is 3.83. The second-order valence-corrected chi connectivity index (χ2v) is 1.44. The van der Waals surface area contributed by atoms with Crippen LogP contribution in [0.2, 0.25) is 0 Å². The molecule has 0 rings (SSSR count). The third-order valence-corrected chi connectivity index (χ3v) is 0.759. The fourth-order valence-corrected chi connectivity index (χ4v) is 0.168. The molecule has 4 heteroatoms. The molecule has 0 amide bonds. The van der Waals surface area contributed by atoms with Crippen molar-refractivity contribution in [1.82, 2.24) is 0 Å². The molecule has 0 fully saturated rings. The molecule has 0 radical (unpaired) electrons. The Morgan fingerprint density at radius 2 is 2.00 bits per heavy atom. The minimum Gasteiger partial charge on any atom is -0.276 e. The van der Waals surface area contributed by atoms with Crippen molar-refractivity contribution in [2.75, 3.05) is 0 Å². The number of carbonyl (C=O) groups excluding carboxylic acids is 1. The van der Waals surface area contributed by atoms with E-state index in [1.807, 2.05) is 0 Å². The average molecular weight is 141 g/mol. The molecule has 0 unspecified atom stereocenters. The van der Waals surface area contributed by atoms with Crippen LogP contribution in [0, 0.1) is 0 Å². The summed E-state index contributed by atoms with van der Waals surface area (Å²) < 4.78 is 22.5. The quantitative estimate of drug-likeness (QED) is 0.420. The fourth-order valence-electron chi connectivity index (χ4n) is 0.0858. The van der Waals surface area contributed by atoms with Gasteiger partial charge < -0.3 is 0 Å². The van der Waals surface area contributed by atoms with E-state index in [9.17, 15) is 13.6 Å². The Kier molecular flexibility index (Phi) is 2.62.